The smallest absolute Gasteiger partial charge is 0.245 e. The second-order valence-corrected chi connectivity index (χ2v) is 5.48. The van der Waals surface area contributed by atoms with Gasteiger partial charge in [0.2, 0.25) is 5.95 Å². The summed E-state index contributed by atoms with van der Waals surface area (Å²) in [7, 11) is 0. The van der Waals surface area contributed by atoms with Gasteiger partial charge in [-0.3, -0.25) is 5.10 Å². The van der Waals surface area contributed by atoms with Crippen LogP contribution in [0.1, 0.15) is 12.8 Å². The second kappa shape index (κ2) is 4.82. The minimum Gasteiger partial charge on any atom is -0.338 e. The average molecular weight is 271 g/mol. The van der Waals surface area contributed by atoms with Gasteiger partial charge in [-0.05, 0) is 25.3 Å². The summed E-state index contributed by atoms with van der Waals surface area (Å²) in [6.07, 6.45) is 7.57. The normalized spacial score (nSPS) is 25.7. The first kappa shape index (κ1) is 11.8. The highest BCUT2D eigenvalue weighted by atomic mass is 15.4. The van der Waals surface area contributed by atoms with E-state index in [1.165, 1.54) is 19.2 Å². The summed E-state index contributed by atoms with van der Waals surface area (Å²) in [4.78, 5) is 14.8. The number of hydrogen-bond acceptors (Lipinski definition) is 6. The zero-order chi connectivity index (χ0) is 13.4. The van der Waals surface area contributed by atoms with Gasteiger partial charge in [0.25, 0.3) is 0 Å². The van der Waals surface area contributed by atoms with Crippen molar-refractivity contribution in [3.8, 4) is 11.4 Å². The zero-order valence-electron chi connectivity index (χ0n) is 11.2. The largest absolute Gasteiger partial charge is 0.338 e. The average Bonchev–Trinajstić information content (AvgIpc) is 3.14. The third-order valence-electron chi connectivity index (χ3n) is 4.19. The van der Waals surface area contributed by atoms with E-state index in [1.54, 1.807) is 12.4 Å². The van der Waals surface area contributed by atoms with Gasteiger partial charge in [-0.1, -0.05) is 0 Å². The second-order valence-electron chi connectivity index (χ2n) is 5.48. The van der Waals surface area contributed by atoms with Crippen LogP contribution in [-0.4, -0.2) is 50.8 Å². The molecule has 104 valence electrons. The Morgan fingerprint density at radius 3 is 2.95 bits per heavy atom. The quantitative estimate of drug-likeness (QED) is 0.825. The number of aromatic nitrogens is 5. The summed E-state index contributed by atoms with van der Waals surface area (Å²) in [6.45, 7) is 3.17. The highest BCUT2D eigenvalue weighted by molar-refractivity contribution is 5.53. The van der Waals surface area contributed by atoms with Crippen LogP contribution in [0.2, 0.25) is 0 Å². The molecule has 2 aromatic heterocycles. The Morgan fingerprint density at radius 1 is 1.20 bits per heavy atom. The first-order valence-electron chi connectivity index (χ1n) is 7.06. The van der Waals surface area contributed by atoms with Gasteiger partial charge in [0.15, 0.2) is 5.82 Å². The summed E-state index contributed by atoms with van der Waals surface area (Å²) < 4.78 is 0. The molecule has 0 aliphatic carbocycles. The van der Waals surface area contributed by atoms with Gasteiger partial charge >= 0.3 is 0 Å². The van der Waals surface area contributed by atoms with Crippen molar-refractivity contribution in [1.29, 1.82) is 0 Å². The molecule has 4 heterocycles. The summed E-state index contributed by atoms with van der Waals surface area (Å²) in [5.74, 6) is 2.23. The predicted octanol–water partition coefficient (Wildman–Crippen LogP) is 0.450. The van der Waals surface area contributed by atoms with E-state index in [0.717, 1.165) is 42.9 Å². The number of hydrogen-bond donors (Lipinski definition) is 2. The summed E-state index contributed by atoms with van der Waals surface area (Å²) in [5.41, 5.74) is 0.862. The first-order chi connectivity index (χ1) is 9.90. The molecule has 2 N–H and O–H groups in total. The standard InChI is InChI=1S/C13H17N7/c1-2-9-6-20(7-11(9)16-3-1)13-17-12(18-19-13)10-4-14-8-15-5-10/h4-5,8-9,11,16H,1-3,6-7H2,(H,17,18,19). The molecule has 0 spiro atoms. The van der Waals surface area contributed by atoms with Crippen molar-refractivity contribution in [2.75, 3.05) is 24.5 Å². The van der Waals surface area contributed by atoms with Crippen molar-refractivity contribution in [2.45, 2.75) is 18.9 Å². The maximum absolute atomic E-state index is 4.57. The molecular formula is C13H17N7. The molecule has 2 atom stereocenters. The zero-order valence-corrected chi connectivity index (χ0v) is 11.2. The molecule has 2 aliphatic heterocycles. The molecule has 2 saturated heterocycles. The molecule has 0 amide bonds. The Hall–Kier alpha value is -2.02. The Bertz CT molecular complexity index is 567. The maximum atomic E-state index is 4.57. The van der Waals surface area contributed by atoms with Crippen LogP contribution in [0.15, 0.2) is 18.7 Å². The molecule has 0 radical (unpaired) electrons. The lowest BCUT2D eigenvalue weighted by Crippen LogP contribution is -2.40. The van der Waals surface area contributed by atoms with E-state index >= 15 is 0 Å². The SMILES string of the molecule is c1ncc(-c2nc(N3CC4CCCNC4C3)n[nH]2)cn1. The molecule has 2 unspecified atom stereocenters. The predicted molar refractivity (Wildman–Crippen MR) is 74.1 cm³/mol. The lowest BCUT2D eigenvalue weighted by atomic mass is 9.94. The molecule has 7 nitrogen and oxygen atoms in total. The molecular weight excluding hydrogens is 254 g/mol. The lowest BCUT2D eigenvalue weighted by molar-refractivity contribution is 0.340. The van der Waals surface area contributed by atoms with Crippen LogP contribution in [0.25, 0.3) is 11.4 Å². The maximum Gasteiger partial charge on any atom is 0.245 e. The number of anilines is 1. The van der Waals surface area contributed by atoms with Crippen molar-refractivity contribution in [2.24, 2.45) is 5.92 Å². The third kappa shape index (κ3) is 2.03. The van der Waals surface area contributed by atoms with Gasteiger partial charge in [0.05, 0.1) is 5.56 Å². The highest BCUT2D eigenvalue weighted by Crippen LogP contribution is 2.27. The van der Waals surface area contributed by atoms with Crippen LogP contribution in [0, 0.1) is 5.92 Å². The molecule has 0 bridgehead atoms. The number of nitrogens with zero attached hydrogens (tertiary/aromatic N) is 5. The van der Waals surface area contributed by atoms with E-state index in [-0.39, 0.29) is 0 Å². The van der Waals surface area contributed by atoms with Crippen LogP contribution in [-0.2, 0) is 0 Å². The van der Waals surface area contributed by atoms with E-state index in [0.29, 0.717) is 6.04 Å². The van der Waals surface area contributed by atoms with Gasteiger partial charge in [0.1, 0.15) is 6.33 Å². The number of rotatable bonds is 2. The molecule has 2 aliphatic rings. The fraction of sp³-hybridized carbons (Fsp3) is 0.538. The lowest BCUT2D eigenvalue weighted by Gasteiger charge is -2.24. The monoisotopic (exact) mass is 271 g/mol. The molecule has 0 aromatic carbocycles. The Morgan fingerprint density at radius 2 is 2.10 bits per heavy atom. The minimum absolute atomic E-state index is 0.589. The van der Waals surface area contributed by atoms with Gasteiger partial charge in [-0.25, -0.2) is 9.97 Å². The minimum atomic E-state index is 0.589. The van der Waals surface area contributed by atoms with E-state index in [2.05, 4.69) is 35.4 Å². The number of fused-ring (bicyclic) bond motifs is 1. The fourth-order valence-corrected chi connectivity index (χ4v) is 3.15. The van der Waals surface area contributed by atoms with Crippen LogP contribution >= 0.6 is 0 Å². The molecule has 2 fully saturated rings. The van der Waals surface area contributed by atoms with Gasteiger partial charge in [0, 0.05) is 31.5 Å². The summed E-state index contributed by atoms with van der Waals surface area (Å²) >= 11 is 0. The van der Waals surface area contributed by atoms with Crippen molar-refractivity contribution in [3.63, 3.8) is 0 Å². The van der Waals surface area contributed by atoms with Crippen molar-refractivity contribution in [3.05, 3.63) is 18.7 Å². The van der Waals surface area contributed by atoms with Crippen LogP contribution in [0.3, 0.4) is 0 Å². The van der Waals surface area contributed by atoms with E-state index in [1.807, 2.05) is 0 Å². The van der Waals surface area contributed by atoms with E-state index in [4.69, 9.17) is 0 Å². The van der Waals surface area contributed by atoms with E-state index < -0.39 is 0 Å². The number of H-pyrrole nitrogens is 1. The van der Waals surface area contributed by atoms with Gasteiger partial charge in [-0.15, -0.1) is 5.10 Å². The summed E-state index contributed by atoms with van der Waals surface area (Å²) in [5, 5.41) is 10.9. The molecule has 2 aromatic rings. The fourth-order valence-electron chi connectivity index (χ4n) is 3.15. The van der Waals surface area contributed by atoms with Crippen LogP contribution in [0.4, 0.5) is 5.95 Å². The third-order valence-corrected chi connectivity index (χ3v) is 4.19. The van der Waals surface area contributed by atoms with Crippen molar-refractivity contribution in [1.82, 2.24) is 30.5 Å². The Labute approximate surface area is 116 Å². The van der Waals surface area contributed by atoms with E-state index in [9.17, 15) is 0 Å². The topological polar surface area (TPSA) is 82.6 Å². The van der Waals surface area contributed by atoms with Crippen LogP contribution in [0.5, 0.6) is 0 Å². The van der Waals surface area contributed by atoms with Crippen molar-refractivity contribution >= 4 is 5.95 Å². The Kier molecular flexibility index (Phi) is 2.84. The highest BCUT2D eigenvalue weighted by Gasteiger charge is 2.35. The molecule has 4 rings (SSSR count). The first-order valence-corrected chi connectivity index (χ1v) is 7.06. The molecule has 7 heteroatoms. The summed E-state index contributed by atoms with van der Waals surface area (Å²) in [6, 6.07) is 0.589. The number of nitrogens with one attached hydrogen (secondary N) is 2. The number of piperidine rings is 1. The van der Waals surface area contributed by atoms with Gasteiger partial charge < -0.3 is 10.2 Å². The molecule has 20 heavy (non-hydrogen) atoms. The van der Waals surface area contributed by atoms with Crippen molar-refractivity contribution < 1.29 is 0 Å². The van der Waals surface area contributed by atoms with Crippen LogP contribution < -0.4 is 10.2 Å². The van der Waals surface area contributed by atoms with Gasteiger partial charge in [-0.2, -0.15) is 4.98 Å². The Balaban J connectivity index is 1.54. The molecule has 0 saturated carbocycles. The number of aromatic amines is 1.